The number of fused-ring (bicyclic) bond motifs is 4. The van der Waals surface area contributed by atoms with E-state index < -0.39 is 0 Å². The maximum absolute atomic E-state index is 5.07. The summed E-state index contributed by atoms with van der Waals surface area (Å²) in [6, 6.07) is 57.8. The van der Waals surface area contributed by atoms with Crippen molar-refractivity contribution >= 4 is 44.6 Å². The second kappa shape index (κ2) is 11.6. The quantitative estimate of drug-likeness (QED) is 0.172. The van der Waals surface area contributed by atoms with Crippen molar-refractivity contribution in [2.75, 3.05) is 0 Å². The summed E-state index contributed by atoms with van der Waals surface area (Å²) in [5.74, 6) is 1.97. The van der Waals surface area contributed by atoms with Gasteiger partial charge in [0.2, 0.25) is 0 Å². The standard InChI is InChI=1S/C43H27N3Se/c1-3-12-28(13-4-1)30-16-9-18-32(26-30)42-44-41(29-14-5-2-6-15-29)45-43(46-42)33-24-25-34-31(27-33)17-10-20-35(34)37-21-11-22-38-36-19-7-8-23-39(36)47-40(37)38/h1-27H. The Morgan fingerprint density at radius 1 is 0.340 bits per heavy atom. The molecule has 0 saturated carbocycles. The van der Waals surface area contributed by atoms with Crippen LogP contribution in [0.1, 0.15) is 0 Å². The Labute approximate surface area is 278 Å². The molecule has 2 aromatic heterocycles. The van der Waals surface area contributed by atoms with Gasteiger partial charge >= 0.3 is 208 Å². The summed E-state index contributed by atoms with van der Waals surface area (Å²) in [7, 11) is 0. The fourth-order valence-electron chi connectivity index (χ4n) is 6.44. The Hall–Kier alpha value is -5.67. The molecule has 2 heterocycles. The second-order valence-electron chi connectivity index (χ2n) is 11.6. The number of hydrogen-bond donors (Lipinski definition) is 0. The molecular weight excluding hydrogens is 637 g/mol. The fourth-order valence-corrected chi connectivity index (χ4v) is 9.02. The zero-order valence-corrected chi connectivity index (χ0v) is 27.1. The van der Waals surface area contributed by atoms with Crippen LogP contribution >= 0.6 is 0 Å². The van der Waals surface area contributed by atoms with Gasteiger partial charge in [-0.1, -0.05) is 60.7 Å². The van der Waals surface area contributed by atoms with E-state index >= 15 is 0 Å². The van der Waals surface area contributed by atoms with Gasteiger partial charge in [-0.3, -0.25) is 0 Å². The van der Waals surface area contributed by atoms with Gasteiger partial charge in [-0.05, 0) is 11.1 Å². The van der Waals surface area contributed by atoms with Gasteiger partial charge in [0.25, 0.3) is 0 Å². The van der Waals surface area contributed by atoms with Gasteiger partial charge in [-0.2, -0.15) is 0 Å². The summed E-state index contributed by atoms with van der Waals surface area (Å²) >= 11 is 0.275. The smallest absolute Gasteiger partial charge is 0.0617 e. The monoisotopic (exact) mass is 665 g/mol. The van der Waals surface area contributed by atoms with Crippen LogP contribution in [0.5, 0.6) is 0 Å². The molecule has 0 atom stereocenters. The van der Waals surface area contributed by atoms with Crippen molar-refractivity contribution in [3.05, 3.63) is 164 Å². The average Bonchev–Trinajstić information content (AvgIpc) is 3.54. The van der Waals surface area contributed by atoms with Crippen LogP contribution in [0.25, 0.3) is 86.5 Å². The van der Waals surface area contributed by atoms with Crippen molar-refractivity contribution in [1.82, 2.24) is 15.0 Å². The van der Waals surface area contributed by atoms with Crippen LogP contribution in [0.2, 0.25) is 0 Å². The van der Waals surface area contributed by atoms with E-state index in [9.17, 15) is 0 Å². The minimum atomic E-state index is 0.275. The van der Waals surface area contributed by atoms with Gasteiger partial charge < -0.3 is 0 Å². The Bertz CT molecular complexity index is 2570. The molecule has 0 bridgehead atoms. The SMILES string of the molecule is c1ccc(-c2cccc(-c3nc(-c4ccccc4)nc(-c4ccc5c(-c6cccc7c6[se]c6ccccc67)cccc5c4)n3)c2)cc1. The van der Waals surface area contributed by atoms with Crippen molar-refractivity contribution in [2.24, 2.45) is 0 Å². The molecule has 9 aromatic rings. The molecule has 0 aliphatic carbocycles. The molecule has 9 rings (SSSR count). The minimum Gasteiger partial charge on any atom is -0.0617 e. The Morgan fingerprint density at radius 2 is 0.915 bits per heavy atom. The van der Waals surface area contributed by atoms with Gasteiger partial charge in [-0.25, -0.2) is 0 Å². The van der Waals surface area contributed by atoms with E-state index in [0.29, 0.717) is 17.5 Å². The molecule has 0 amide bonds. The van der Waals surface area contributed by atoms with E-state index in [1.807, 2.05) is 36.4 Å². The van der Waals surface area contributed by atoms with Crippen LogP contribution in [0.15, 0.2) is 164 Å². The third kappa shape index (κ3) is 5.05. The zero-order valence-electron chi connectivity index (χ0n) is 25.3. The summed E-state index contributed by atoms with van der Waals surface area (Å²) in [6.07, 6.45) is 0. The summed E-state index contributed by atoms with van der Waals surface area (Å²) in [5, 5.41) is 5.13. The normalized spacial score (nSPS) is 11.4. The van der Waals surface area contributed by atoms with Gasteiger partial charge in [0.1, 0.15) is 0 Å². The van der Waals surface area contributed by atoms with E-state index in [0.717, 1.165) is 33.2 Å². The molecule has 7 aromatic carbocycles. The number of nitrogens with zero attached hydrogens (tertiary/aromatic N) is 3. The summed E-state index contributed by atoms with van der Waals surface area (Å²) in [6.45, 7) is 0. The first-order valence-corrected chi connectivity index (χ1v) is 17.4. The Balaban J connectivity index is 1.19. The molecule has 3 nitrogen and oxygen atoms in total. The number of aromatic nitrogens is 3. The van der Waals surface area contributed by atoms with Gasteiger partial charge in [0, 0.05) is 0 Å². The van der Waals surface area contributed by atoms with E-state index in [-0.39, 0.29) is 14.5 Å². The third-order valence-electron chi connectivity index (χ3n) is 8.73. The molecule has 47 heavy (non-hydrogen) atoms. The molecule has 220 valence electrons. The molecule has 4 heteroatoms. The van der Waals surface area contributed by atoms with E-state index in [1.54, 1.807) is 0 Å². The maximum atomic E-state index is 5.07. The van der Waals surface area contributed by atoms with Crippen molar-refractivity contribution in [2.45, 2.75) is 0 Å². The molecule has 0 radical (unpaired) electrons. The van der Waals surface area contributed by atoms with Crippen LogP contribution in [-0.2, 0) is 0 Å². The molecule has 0 spiro atoms. The van der Waals surface area contributed by atoms with Crippen molar-refractivity contribution in [3.8, 4) is 56.4 Å². The molecule has 0 saturated heterocycles. The Kier molecular flexibility index (Phi) is 6.82. The number of benzene rings is 7. The topological polar surface area (TPSA) is 38.7 Å². The van der Waals surface area contributed by atoms with Crippen LogP contribution < -0.4 is 0 Å². The molecule has 0 aliphatic rings. The molecule has 0 N–H and O–H groups in total. The Morgan fingerprint density at radius 3 is 1.72 bits per heavy atom. The minimum absolute atomic E-state index is 0.275. The second-order valence-corrected chi connectivity index (χ2v) is 13.8. The molecule has 0 unspecified atom stereocenters. The van der Waals surface area contributed by atoms with Crippen molar-refractivity contribution in [1.29, 1.82) is 0 Å². The first-order chi connectivity index (χ1) is 23.3. The molecule has 0 aliphatic heterocycles. The van der Waals surface area contributed by atoms with Gasteiger partial charge in [0.05, 0.1) is 0 Å². The predicted molar refractivity (Wildman–Crippen MR) is 196 cm³/mol. The van der Waals surface area contributed by atoms with Crippen LogP contribution in [0, 0.1) is 0 Å². The van der Waals surface area contributed by atoms with Crippen LogP contribution in [-0.4, -0.2) is 29.5 Å². The van der Waals surface area contributed by atoms with Crippen molar-refractivity contribution in [3.63, 3.8) is 0 Å². The van der Waals surface area contributed by atoms with Gasteiger partial charge in [-0.15, -0.1) is 0 Å². The third-order valence-corrected chi connectivity index (χ3v) is 11.3. The van der Waals surface area contributed by atoms with Crippen LogP contribution in [0.3, 0.4) is 0 Å². The first kappa shape index (κ1) is 27.6. The van der Waals surface area contributed by atoms with Gasteiger partial charge in [0.15, 0.2) is 0 Å². The summed E-state index contributed by atoms with van der Waals surface area (Å²) < 4.78 is 2.92. The number of hydrogen-bond acceptors (Lipinski definition) is 3. The van der Waals surface area contributed by atoms with E-state index in [1.165, 1.54) is 35.8 Å². The average molecular weight is 665 g/mol. The van der Waals surface area contributed by atoms with E-state index in [4.69, 9.17) is 15.0 Å². The first-order valence-electron chi connectivity index (χ1n) is 15.7. The van der Waals surface area contributed by atoms with Crippen molar-refractivity contribution < 1.29 is 0 Å². The molecular formula is C43H27N3Se. The summed E-state index contributed by atoms with van der Waals surface area (Å²) in [4.78, 5) is 15.1. The molecule has 0 fully saturated rings. The zero-order chi connectivity index (χ0) is 31.2. The van der Waals surface area contributed by atoms with E-state index in [2.05, 4.69) is 127 Å². The van der Waals surface area contributed by atoms with Crippen LogP contribution in [0.4, 0.5) is 0 Å². The fraction of sp³-hybridized carbons (Fsp3) is 0. The number of rotatable bonds is 5. The summed E-state index contributed by atoms with van der Waals surface area (Å²) in [5.41, 5.74) is 7.75. The predicted octanol–water partition coefficient (Wildman–Crippen LogP) is 10.7.